The fourth-order valence-electron chi connectivity index (χ4n) is 1.06. The van der Waals surface area contributed by atoms with Crippen LogP contribution in [-0.4, -0.2) is 4.98 Å². The standard InChI is InChI=1S/C8H11F2N3/c1-4-7(12)5(3-11)2-6(13-4)8(9)10/h2,8H,3,11-12H2,1H3. The van der Waals surface area contributed by atoms with Crippen molar-refractivity contribution in [1.29, 1.82) is 0 Å². The number of aryl methyl sites for hydroxylation is 1. The van der Waals surface area contributed by atoms with Crippen LogP contribution >= 0.6 is 0 Å². The minimum Gasteiger partial charge on any atom is -0.397 e. The number of hydrogen-bond donors (Lipinski definition) is 2. The van der Waals surface area contributed by atoms with Crippen LogP contribution in [0.5, 0.6) is 0 Å². The number of nitrogens with two attached hydrogens (primary N) is 2. The van der Waals surface area contributed by atoms with Crippen LogP contribution in [0.4, 0.5) is 14.5 Å². The largest absolute Gasteiger partial charge is 0.397 e. The van der Waals surface area contributed by atoms with E-state index in [0.717, 1.165) is 0 Å². The Labute approximate surface area is 74.8 Å². The zero-order valence-corrected chi connectivity index (χ0v) is 7.22. The van der Waals surface area contributed by atoms with Gasteiger partial charge in [0.15, 0.2) is 0 Å². The predicted octanol–water partition coefficient (Wildman–Crippen LogP) is 1.37. The van der Waals surface area contributed by atoms with E-state index in [9.17, 15) is 8.78 Å². The molecule has 0 fully saturated rings. The second-order valence-electron chi connectivity index (χ2n) is 2.71. The van der Waals surface area contributed by atoms with Gasteiger partial charge in [0.1, 0.15) is 5.69 Å². The van der Waals surface area contributed by atoms with Crippen molar-refractivity contribution in [2.45, 2.75) is 19.9 Å². The van der Waals surface area contributed by atoms with Crippen molar-refractivity contribution >= 4 is 5.69 Å². The molecule has 0 aliphatic carbocycles. The molecular formula is C8H11F2N3. The SMILES string of the molecule is Cc1nc(C(F)F)cc(CN)c1N. The molecule has 0 radical (unpaired) electrons. The smallest absolute Gasteiger partial charge is 0.280 e. The minimum atomic E-state index is -2.58. The maximum atomic E-state index is 12.3. The van der Waals surface area contributed by atoms with Crippen molar-refractivity contribution in [2.75, 3.05) is 5.73 Å². The van der Waals surface area contributed by atoms with Gasteiger partial charge in [-0.05, 0) is 18.6 Å². The molecule has 1 rings (SSSR count). The van der Waals surface area contributed by atoms with Crippen molar-refractivity contribution in [2.24, 2.45) is 5.73 Å². The molecular weight excluding hydrogens is 176 g/mol. The number of halogens is 2. The molecule has 1 heterocycles. The van der Waals surface area contributed by atoms with Gasteiger partial charge in [-0.2, -0.15) is 0 Å². The molecule has 1 aromatic rings. The number of rotatable bonds is 2. The molecule has 0 amide bonds. The van der Waals surface area contributed by atoms with E-state index in [1.807, 2.05) is 0 Å². The summed E-state index contributed by atoms with van der Waals surface area (Å²) < 4.78 is 24.5. The van der Waals surface area contributed by atoms with Crippen LogP contribution in [0.2, 0.25) is 0 Å². The van der Waals surface area contributed by atoms with E-state index >= 15 is 0 Å². The summed E-state index contributed by atoms with van der Waals surface area (Å²) in [4.78, 5) is 3.65. The second-order valence-corrected chi connectivity index (χ2v) is 2.71. The third kappa shape index (κ3) is 1.92. The van der Waals surface area contributed by atoms with E-state index in [1.165, 1.54) is 6.07 Å². The quantitative estimate of drug-likeness (QED) is 0.734. The first-order valence-electron chi connectivity index (χ1n) is 3.80. The monoisotopic (exact) mass is 187 g/mol. The zero-order valence-electron chi connectivity index (χ0n) is 7.22. The van der Waals surface area contributed by atoms with Crippen LogP contribution in [0.15, 0.2) is 6.07 Å². The zero-order chi connectivity index (χ0) is 10.0. The summed E-state index contributed by atoms with van der Waals surface area (Å²) in [7, 11) is 0. The van der Waals surface area contributed by atoms with E-state index in [2.05, 4.69) is 4.98 Å². The van der Waals surface area contributed by atoms with E-state index in [0.29, 0.717) is 16.9 Å². The summed E-state index contributed by atoms with van der Waals surface area (Å²) in [6.45, 7) is 1.73. The third-order valence-corrected chi connectivity index (χ3v) is 1.80. The number of anilines is 1. The first-order valence-corrected chi connectivity index (χ1v) is 3.80. The van der Waals surface area contributed by atoms with Crippen molar-refractivity contribution in [3.63, 3.8) is 0 Å². The normalized spacial score (nSPS) is 10.8. The maximum absolute atomic E-state index is 12.3. The maximum Gasteiger partial charge on any atom is 0.280 e. The first kappa shape index (κ1) is 9.85. The molecule has 0 saturated carbocycles. The van der Waals surface area contributed by atoms with Crippen LogP contribution in [0, 0.1) is 6.92 Å². The third-order valence-electron chi connectivity index (χ3n) is 1.80. The van der Waals surface area contributed by atoms with Gasteiger partial charge in [0, 0.05) is 6.54 Å². The summed E-state index contributed by atoms with van der Waals surface area (Å²) in [6, 6.07) is 1.24. The van der Waals surface area contributed by atoms with Gasteiger partial charge in [-0.3, -0.25) is 0 Å². The summed E-state index contributed by atoms with van der Waals surface area (Å²) in [6.07, 6.45) is -2.58. The molecule has 0 aromatic carbocycles. The molecule has 5 heteroatoms. The Morgan fingerprint density at radius 2 is 2.15 bits per heavy atom. The highest BCUT2D eigenvalue weighted by Crippen LogP contribution is 2.22. The summed E-state index contributed by atoms with van der Waals surface area (Å²) in [5.41, 5.74) is 12.0. The minimum absolute atomic E-state index is 0.148. The molecule has 72 valence electrons. The lowest BCUT2D eigenvalue weighted by atomic mass is 10.1. The van der Waals surface area contributed by atoms with E-state index in [1.54, 1.807) is 6.92 Å². The molecule has 0 unspecified atom stereocenters. The topological polar surface area (TPSA) is 64.9 Å². The van der Waals surface area contributed by atoms with Crippen molar-refractivity contribution in [3.05, 3.63) is 23.0 Å². The highest BCUT2D eigenvalue weighted by atomic mass is 19.3. The predicted molar refractivity (Wildman–Crippen MR) is 46.2 cm³/mol. The molecule has 4 N–H and O–H groups in total. The van der Waals surface area contributed by atoms with Gasteiger partial charge in [0.05, 0.1) is 11.4 Å². The van der Waals surface area contributed by atoms with Gasteiger partial charge < -0.3 is 11.5 Å². The summed E-state index contributed by atoms with van der Waals surface area (Å²) in [5.74, 6) is 0. The number of nitrogen functional groups attached to an aromatic ring is 1. The van der Waals surface area contributed by atoms with Crippen molar-refractivity contribution in [3.8, 4) is 0 Å². The van der Waals surface area contributed by atoms with Gasteiger partial charge in [0.25, 0.3) is 6.43 Å². The summed E-state index contributed by atoms with van der Waals surface area (Å²) in [5, 5.41) is 0. The molecule has 0 aliphatic rings. The number of alkyl halides is 2. The lowest BCUT2D eigenvalue weighted by Crippen LogP contribution is -2.07. The Bertz CT molecular complexity index is 313. The summed E-state index contributed by atoms with van der Waals surface area (Å²) >= 11 is 0. The van der Waals surface area contributed by atoms with E-state index < -0.39 is 6.43 Å². The molecule has 13 heavy (non-hydrogen) atoms. The van der Waals surface area contributed by atoms with Gasteiger partial charge in [-0.25, -0.2) is 13.8 Å². The van der Waals surface area contributed by atoms with Gasteiger partial charge >= 0.3 is 0 Å². The lowest BCUT2D eigenvalue weighted by molar-refractivity contribution is 0.146. The molecule has 0 saturated heterocycles. The van der Waals surface area contributed by atoms with Crippen LogP contribution in [0.25, 0.3) is 0 Å². The molecule has 1 aromatic heterocycles. The van der Waals surface area contributed by atoms with Crippen LogP contribution in [-0.2, 0) is 6.54 Å². The first-order chi connectivity index (χ1) is 6.06. The molecule has 3 nitrogen and oxygen atoms in total. The lowest BCUT2D eigenvalue weighted by Gasteiger charge is -2.08. The van der Waals surface area contributed by atoms with Gasteiger partial charge in [0.2, 0.25) is 0 Å². The van der Waals surface area contributed by atoms with Gasteiger partial charge in [-0.1, -0.05) is 0 Å². The fourth-order valence-corrected chi connectivity index (χ4v) is 1.06. The second kappa shape index (κ2) is 3.66. The Morgan fingerprint density at radius 3 is 2.62 bits per heavy atom. The molecule has 0 spiro atoms. The molecule has 0 aliphatic heterocycles. The number of pyridine rings is 1. The Morgan fingerprint density at radius 1 is 1.54 bits per heavy atom. The highest BCUT2D eigenvalue weighted by Gasteiger charge is 2.12. The van der Waals surface area contributed by atoms with Crippen molar-refractivity contribution < 1.29 is 8.78 Å². The van der Waals surface area contributed by atoms with Crippen LogP contribution in [0.3, 0.4) is 0 Å². The Kier molecular flexibility index (Phi) is 2.77. The Hall–Kier alpha value is -1.23. The average molecular weight is 187 g/mol. The number of aromatic nitrogens is 1. The van der Waals surface area contributed by atoms with Crippen molar-refractivity contribution in [1.82, 2.24) is 4.98 Å². The van der Waals surface area contributed by atoms with Crippen LogP contribution < -0.4 is 11.5 Å². The van der Waals surface area contributed by atoms with E-state index in [-0.39, 0.29) is 12.2 Å². The average Bonchev–Trinajstić information content (AvgIpc) is 2.09. The number of hydrogen-bond acceptors (Lipinski definition) is 3. The molecule has 0 atom stereocenters. The highest BCUT2D eigenvalue weighted by molar-refractivity contribution is 5.51. The fraction of sp³-hybridized carbons (Fsp3) is 0.375. The Balaban J connectivity index is 3.22. The van der Waals surface area contributed by atoms with Gasteiger partial charge in [-0.15, -0.1) is 0 Å². The number of nitrogens with zero attached hydrogens (tertiary/aromatic N) is 1. The van der Waals surface area contributed by atoms with Crippen LogP contribution in [0.1, 0.15) is 23.4 Å². The molecule has 0 bridgehead atoms. The van der Waals surface area contributed by atoms with E-state index in [4.69, 9.17) is 11.5 Å².